The maximum atomic E-state index is 6.54. The zero-order valence-corrected chi connectivity index (χ0v) is 20.1. The Morgan fingerprint density at radius 2 is 1.74 bits per heavy atom. The Bertz CT molecular complexity index is 633. The Kier molecular flexibility index (Phi) is 9.27. The average Bonchev–Trinajstić information content (AvgIpc) is 2.87. The fourth-order valence-electron chi connectivity index (χ4n) is 2.46. The van der Waals surface area contributed by atoms with Crippen LogP contribution in [0.3, 0.4) is 0 Å². The first kappa shape index (κ1) is 22.8. The summed E-state index contributed by atoms with van der Waals surface area (Å²) in [6.45, 7) is 13.4. The van der Waals surface area contributed by atoms with Crippen LogP contribution in [-0.4, -0.2) is 3.26 Å². The van der Waals surface area contributed by atoms with Gasteiger partial charge in [0.15, 0.2) is 0 Å². The van der Waals surface area contributed by atoms with E-state index in [1.165, 1.54) is 14.4 Å². The van der Waals surface area contributed by atoms with Crippen LogP contribution in [0.25, 0.3) is 0 Å². The molecule has 1 aromatic carbocycles. The minimum atomic E-state index is -2.29. The summed E-state index contributed by atoms with van der Waals surface area (Å²) in [4.78, 5) is 0. The zero-order chi connectivity index (χ0) is 15.6. The molecule has 1 aliphatic rings. The number of halogens is 2. The molecule has 0 atom stereocenters. The van der Waals surface area contributed by atoms with Crippen LogP contribution in [0.1, 0.15) is 52.2 Å². The van der Waals surface area contributed by atoms with Crippen LogP contribution in [0.2, 0.25) is 0 Å². The normalized spacial score (nSPS) is 12.9. The number of aryl methyl sites for hydroxylation is 1. The summed E-state index contributed by atoms with van der Waals surface area (Å²) in [7, 11) is 0. The van der Waals surface area contributed by atoms with E-state index in [0.717, 1.165) is 12.2 Å². The van der Waals surface area contributed by atoms with Gasteiger partial charge in [0, 0.05) is 0 Å². The summed E-state index contributed by atoms with van der Waals surface area (Å²) in [5, 5.41) is 0. The third-order valence-electron chi connectivity index (χ3n) is 3.65. The molecular weight excluding hydrogens is 494 g/mol. The molecule has 0 unspecified atom stereocenters. The van der Waals surface area contributed by atoms with Crippen molar-refractivity contribution in [2.24, 2.45) is 0 Å². The predicted molar refractivity (Wildman–Crippen MR) is 103 cm³/mol. The van der Waals surface area contributed by atoms with Crippen molar-refractivity contribution in [2.45, 2.75) is 53.4 Å². The summed E-state index contributed by atoms with van der Waals surface area (Å²) in [6, 6.07) is 6.70. The quantitative estimate of drug-likeness (QED) is 0.437. The molecule has 1 aliphatic carbocycles. The Morgan fingerprint density at radius 3 is 2.22 bits per heavy atom. The monoisotopic (exact) mass is 522 g/mol. The van der Waals surface area contributed by atoms with Gasteiger partial charge in [-0.1, -0.05) is 0 Å². The summed E-state index contributed by atoms with van der Waals surface area (Å²) >= 11 is -2.29. The van der Waals surface area contributed by atoms with Gasteiger partial charge >= 0.3 is 138 Å². The third-order valence-corrected chi connectivity index (χ3v) is 11.9. The molecule has 0 spiro atoms. The van der Waals surface area contributed by atoms with Crippen LogP contribution in [0.5, 0.6) is 5.75 Å². The number of hydrogen-bond acceptors (Lipinski definition) is 1. The molecule has 0 N–H and O–H groups in total. The van der Waals surface area contributed by atoms with Crippen molar-refractivity contribution in [1.29, 1.82) is 0 Å². The first-order valence-corrected chi connectivity index (χ1v) is 12.7. The van der Waals surface area contributed by atoms with E-state index >= 15 is 0 Å². The number of hydrogen-bond donors (Lipinski definition) is 0. The molecule has 0 saturated heterocycles. The minimum Gasteiger partial charge on any atom is -0.147 e. The predicted octanol–water partition coefficient (Wildman–Crippen LogP) is 6.10. The SMILES string of the molecule is C[C](C)=[Hf]([O]c1cc(C)cc(C(C)(C)C)c1)[C]1=CC=CC1.Cl.Cl. The molecule has 2 rings (SSSR count). The molecule has 0 bridgehead atoms. The minimum absolute atomic E-state index is 0. The van der Waals surface area contributed by atoms with Crippen molar-refractivity contribution < 1.29 is 24.2 Å². The van der Waals surface area contributed by atoms with E-state index in [1.54, 1.807) is 3.33 Å². The molecular formula is C19H28Cl2HfO. The number of allylic oxidation sites excluding steroid dienone is 4. The maximum Gasteiger partial charge on any atom is -0.147 e. The number of benzene rings is 1. The number of rotatable bonds is 3. The average molecular weight is 522 g/mol. The van der Waals surface area contributed by atoms with Crippen molar-refractivity contribution in [2.75, 3.05) is 0 Å². The van der Waals surface area contributed by atoms with Crippen molar-refractivity contribution in [3.8, 4) is 5.75 Å². The molecule has 1 aromatic rings. The van der Waals surface area contributed by atoms with Gasteiger partial charge < -0.3 is 0 Å². The molecule has 0 heterocycles. The van der Waals surface area contributed by atoms with E-state index < -0.39 is 21.4 Å². The topological polar surface area (TPSA) is 9.23 Å². The largest absolute Gasteiger partial charge is 0.147 e. The van der Waals surface area contributed by atoms with E-state index in [-0.39, 0.29) is 30.2 Å². The van der Waals surface area contributed by atoms with E-state index in [1.807, 2.05) is 0 Å². The molecule has 23 heavy (non-hydrogen) atoms. The van der Waals surface area contributed by atoms with Gasteiger partial charge in [-0.25, -0.2) is 0 Å². The van der Waals surface area contributed by atoms with Crippen LogP contribution in [-0.2, 0) is 26.8 Å². The molecule has 0 radical (unpaired) electrons. The van der Waals surface area contributed by atoms with Gasteiger partial charge in [0.25, 0.3) is 0 Å². The Hall–Kier alpha value is -0.180. The van der Waals surface area contributed by atoms with E-state index in [0.29, 0.717) is 0 Å². The molecule has 128 valence electrons. The first-order chi connectivity index (χ1) is 9.77. The van der Waals surface area contributed by atoms with E-state index in [2.05, 4.69) is 78.0 Å². The van der Waals surface area contributed by atoms with Gasteiger partial charge in [-0.15, -0.1) is 24.8 Å². The Morgan fingerprint density at radius 1 is 1.09 bits per heavy atom. The van der Waals surface area contributed by atoms with Crippen LogP contribution < -0.4 is 2.85 Å². The summed E-state index contributed by atoms with van der Waals surface area (Å²) < 4.78 is 9.61. The zero-order valence-electron chi connectivity index (χ0n) is 14.9. The Labute approximate surface area is 161 Å². The van der Waals surface area contributed by atoms with Gasteiger partial charge in [-0.3, -0.25) is 0 Å². The van der Waals surface area contributed by atoms with Crippen molar-refractivity contribution in [3.05, 3.63) is 50.9 Å². The molecule has 0 saturated carbocycles. The van der Waals surface area contributed by atoms with Crippen molar-refractivity contribution >= 4 is 28.1 Å². The second-order valence-corrected chi connectivity index (χ2v) is 16.0. The third kappa shape index (κ3) is 6.32. The molecule has 0 aliphatic heterocycles. The van der Waals surface area contributed by atoms with Crippen LogP contribution in [0.4, 0.5) is 0 Å². The van der Waals surface area contributed by atoms with Crippen LogP contribution in [0, 0.1) is 6.92 Å². The Balaban J connectivity index is 0.00000242. The summed E-state index contributed by atoms with van der Waals surface area (Å²) in [5.41, 5.74) is 2.81. The first-order valence-electron chi connectivity index (χ1n) is 7.61. The standard InChI is InChI=1S/C11H16O.C5H5.C3H6.2ClH.Hf/c1-8-5-9(11(2,3)4)7-10(12)6-8;1-2-4-5-3-1;1-3-2;;;/h5-7,12H,1-4H3;1-3H,4H2;1-2H3;2*1H;/q;;;;;+1/p-1. The molecule has 1 nitrogen and oxygen atoms in total. The second kappa shape index (κ2) is 9.34. The summed E-state index contributed by atoms with van der Waals surface area (Å²) in [5.74, 6) is 1.07. The second-order valence-electron chi connectivity index (χ2n) is 7.04. The van der Waals surface area contributed by atoms with Gasteiger partial charge in [0.05, 0.1) is 0 Å². The molecule has 0 amide bonds. The van der Waals surface area contributed by atoms with Crippen molar-refractivity contribution in [3.63, 3.8) is 0 Å². The van der Waals surface area contributed by atoms with Crippen LogP contribution >= 0.6 is 24.8 Å². The van der Waals surface area contributed by atoms with Gasteiger partial charge in [-0.2, -0.15) is 0 Å². The smallest absolute Gasteiger partial charge is 0.147 e. The molecule has 4 heteroatoms. The van der Waals surface area contributed by atoms with Crippen LogP contribution in [0.15, 0.2) is 39.8 Å². The summed E-state index contributed by atoms with van der Waals surface area (Å²) in [6.07, 6.45) is 7.77. The maximum absolute atomic E-state index is 6.54. The fourth-order valence-corrected chi connectivity index (χ4v) is 9.22. The van der Waals surface area contributed by atoms with Gasteiger partial charge in [0.2, 0.25) is 0 Å². The van der Waals surface area contributed by atoms with Gasteiger partial charge in [-0.05, 0) is 0 Å². The molecule has 0 aromatic heterocycles. The van der Waals surface area contributed by atoms with E-state index in [9.17, 15) is 0 Å². The molecule has 0 fully saturated rings. The van der Waals surface area contributed by atoms with Crippen molar-refractivity contribution in [1.82, 2.24) is 0 Å². The van der Waals surface area contributed by atoms with E-state index in [4.69, 9.17) is 2.85 Å². The van der Waals surface area contributed by atoms with Gasteiger partial charge in [0.1, 0.15) is 0 Å². The fraction of sp³-hybridized carbons (Fsp3) is 0.421.